The lowest BCUT2D eigenvalue weighted by Gasteiger charge is -2.04. The summed E-state index contributed by atoms with van der Waals surface area (Å²) in [5.41, 5.74) is 2.54. The summed E-state index contributed by atoms with van der Waals surface area (Å²) in [6.07, 6.45) is 0. The Morgan fingerprint density at radius 2 is 2.09 bits per heavy atom. The third-order valence-corrected chi connectivity index (χ3v) is 4.50. The number of nitrogens with one attached hydrogen (secondary N) is 1. The van der Waals surface area contributed by atoms with Gasteiger partial charge in [0.15, 0.2) is 5.82 Å². The summed E-state index contributed by atoms with van der Waals surface area (Å²) in [5, 5.41) is 7.45. The third kappa shape index (κ3) is 3.45. The number of hydrogen-bond acceptors (Lipinski definition) is 6. The van der Waals surface area contributed by atoms with Gasteiger partial charge in [0.1, 0.15) is 5.01 Å². The number of aromatic nitrogens is 3. The topological polar surface area (TPSA) is 80.9 Å². The van der Waals surface area contributed by atoms with Crippen LogP contribution in [0.4, 0.5) is 0 Å². The van der Waals surface area contributed by atoms with Crippen molar-refractivity contribution in [3.8, 4) is 10.6 Å². The van der Waals surface area contributed by atoms with E-state index in [1.54, 1.807) is 24.3 Å². The SMILES string of the molecule is Cc1nc(CNC(=O)c2cccc(-c3nc(C)c(C)s3)c2)no1. The number of carbonyl (C=O) groups excluding carboxylic acids is 1. The zero-order valence-electron chi connectivity index (χ0n) is 13.1. The largest absolute Gasteiger partial charge is 0.345 e. The molecule has 1 N–H and O–H groups in total. The number of thiazole rings is 1. The van der Waals surface area contributed by atoms with E-state index < -0.39 is 0 Å². The van der Waals surface area contributed by atoms with E-state index in [1.165, 1.54) is 4.88 Å². The zero-order chi connectivity index (χ0) is 16.4. The molecule has 0 atom stereocenters. The second-order valence-corrected chi connectivity index (χ2v) is 6.36. The standard InChI is InChI=1S/C16H16N4O2S/c1-9-10(2)23-16(18-9)13-6-4-5-12(7-13)15(21)17-8-14-19-11(3)22-20-14/h4-7H,8H2,1-3H3,(H,17,21). The van der Waals surface area contributed by atoms with Crippen LogP contribution in [0.3, 0.4) is 0 Å². The molecule has 0 spiro atoms. The summed E-state index contributed by atoms with van der Waals surface area (Å²) >= 11 is 1.63. The lowest BCUT2D eigenvalue weighted by Crippen LogP contribution is -2.23. The highest BCUT2D eigenvalue weighted by molar-refractivity contribution is 7.15. The molecule has 3 aromatic rings. The van der Waals surface area contributed by atoms with Gasteiger partial charge < -0.3 is 9.84 Å². The Hall–Kier alpha value is -2.54. The number of amides is 1. The molecule has 1 aromatic carbocycles. The quantitative estimate of drug-likeness (QED) is 0.796. The minimum atomic E-state index is -0.181. The molecule has 2 heterocycles. The van der Waals surface area contributed by atoms with Crippen LogP contribution in [0, 0.1) is 20.8 Å². The summed E-state index contributed by atoms with van der Waals surface area (Å²) in [4.78, 5) is 22.0. The number of aryl methyl sites for hydroxylation is 3. The Kier molecular flexibility index (Phi) is 4.20. The molecule has 118 valence electrons. The average molecular weight is 328 g/mol. The highest BCUT2D eigenvalue weighted by Crippen LogP contribution is 2.27. The minimum Gasteiger partial charge on any atom is -0.345 e. The second-order valence-electron chi connectivity index (χ2n) is 5.15. The maximum absolute atomic E-state index is 12.3. The molecule has 23 heavy (non-hydrogen) atoms. The van der Waals surface area contributed by atoms with E-state index in [2.05, 4.69) is 20.4 Å². The summed E-state index contributed by atoms with van der Waals surface area (Å²) in [6, 6.07) is 7.42. The Labute approximate surface area is 137 Å². The van der Waals surface area contributed by atoms with E-state index in [0.717, 1.165) is 16.3 Å². The van der Waals surface area contributed by atoms with E-state index in [9.17, 15) is 4.79 Å². The van der Waals surface area contributed by atoms with Crippen molar-refractivity contribution < 1.29 is 9.32 Å². The second kappa shape index (κ2) is 6.29. The third-order valence-electron chi connectivity index (χ3n) is 3.38. The van der Waals surface area contributed by atoms with Crippen molar-refractivity contribution in [3.63, 3.8) is 0 Å². The van der Waals surface area contributed by atoms with Crippen LogP contribution in [0.15, 0.2) is 28.8 Å². The Balaban J connectivity index is 1.75. The van der Waals surface area contributed by atoms with Gasteiger partial charge in [-0.3, -0.25) is 4.79 Å². The summed E-state index contributed by atoms with van der Waals surface area (Å²) in [5.74, 6) is 0.753. The Bertz CT molecular complexity index is 834. The number of hydrogen-bond donors (Lipinski definition) is 1. The van der Waals surface area contributed by atoms with Crippen LogP contribution in [-0.2, 0) is 6.54 Å². The first-order valence-electron chi connectivity index (χ1n) is 7.15. The van der Waals surface area contributed by atoms with Crippen molar-refractivity contribution in [3.05, 3.63) is 52.1 Å². The van der Waals surface area contributed by atoms with Crippen LogP contribution in [0.1, 0.15) is 32.6 Å². The molecule has 0 fully saturated rings. The Morgan fingerprint density at radius 3 is 2.74 bits per heavy atom. The van der Waals surface area contributed by atoms with Crippen LogP contribution < -0.4 is 5.32 Å². The molecule has 7 heteroatoms. The Morgan fingerprint density at radius 1 is 1.26 bits per heavy atom. The molecule has 0 bridgehead atoms. The van der Waals surface area contributed by atoms with Crippen molar-refractivity contribution in [1.29, 1.82) is 0 Å². The van der Waals surface area contributed by atoms with E-state index in [4.69, 9.17) is 4.52 Å². The highest BCUT2D eigenvalue weighted by Gasteiger charge is 2.11. The molecule has 6 nitrogen and oxygen atoms in total. The van der Waals surface area contributed by atoms with Gasteiger partial charge in [-0.1, -0.05) is 17.3 Å². The van der Waals surface area contributed by atoms with E-state index >= 15 is 0 Å². The summed E-state index contributed by atoms with van der Waals surface area (Å²) in [6.45, 7) is 5.97. The molecule has 0 aliphatic heterocycles. The predicted octanol–water partition coefficient (Wildman–Crippen LogP) is 3.05. The van der Waals surface area contributed by atoms with Gasteiger partial charge in [-0.2, -0.15) is 4.98 Å². The van der Waals surface area contributed by atoms with Crippen LogP contribution in [0.25, 0.3) is 10.6 Å². The molecule has 0 saturated heterocycles. The van der Waals surface area contributed by atoms with Gasteiger partial charge in [0.05, 0.1) is 12.2 Å². The molecule has 0 unspecified atom stereocenters. The highest BCUT2D eigenvalue weighted by atomic mass is 32.1. The van der Waals surface area contributed by atoms with Crippen LogP contribution >= 0.6 is 11.3 Å². The first-order valence-corrected chi connectivity index (χ1v) is 7.96. The van der Waals surface area contributed by atoms with E-state index in [0.29, 0.717) is 17.3 Å². The average Bonchev–Trinajstić information content (AvgIpc) is 3.11. The van der Waals surface area contributed by atoms with Crippen LogP contribution in [0.2, 0.25) is 0 Å². The van der Waals surface area contributed by atoms with Crippen LogP contribution in [-0.4, -0.2) is 21.0 Å². The fraction of sp³-hybridized carbons (Fsp3) is 0.250. The van der Waals surface area contributed by atoms with Gasteiger partial charge in [0.25, 0.3) is 5.91 Å². The molecule has 0 aliphatic rings. The van der Waals surface area contributed by atoms with Crippen molar-refractivity contribution in [2.45, 2.75) is 27.3 Å². The maximum atomic E-state index is 12.3. The molecule has 0 radical (unpaired) electrons. The monoisotopic (exact) mass is 328 g/mol. The van der Waals surface area contributed by atoms with Gasteiger partial charge in [0, 0.05) is 22.9 Å². The molecule has 2 aromatic heterocycles. The maximum Gasteiger partial charge on any atom is 0.251 e. The van der Waals surface area contributed by atoms with Gasteiger partial charge in [-0.25, -0.2) is 4.98 Å². The van der Waals surface area contributed by atoms with Gasteiger partial charge >= 0.3 is 0 Å². The predicted molar refractivity (Wildman–Crippen MR) is 87.2 cm³/mol. The molecular formula is C16H16N4O2S. The number of nitrogens with zero attached hydrogens (tertiary/aromatic N) is 3. The number of benzene rings is 1. The number of rotatable bonds is 4. The van der Waals surface area contributed by atoms with Gasteiger partial charge in [-0.15, -0.1) is 11.3 Å². The van der Waals surface area contributed by atoms with E-state index in [-0.39, 0.29) is 12.5 Å². The minimum absolute atomic E-state index is 0.181. The van der Waals surface area contributed by atoms with Crippen LogP contribution in [0.5, 0.6) is 0 Å². The lowest BCUT2D eigenvalue weighted by molar-refractivity contribution is 0.0949. The molecule has 0 saturated carbocycles. The molecule has 3 rings (SSSR count). The normalized spacial score (nSPS) is 10.7. The van der Waals surface area contributed by atoms with Gasteiger partial charge in [-0.05, 0) is 26.0 Å². The molecule has 1 amide bonds. The first kappa shape index (κ1) is 15.4. The summed E-state index contributed by atoms with van der Waals surface area (Å²) in [7, 11) is 0. The smallest absolute Gasteiger partial charge is 0.251 e. The van der Waals surface area contributed by atoms with Crippen molar-refractivity contribution in [2.24, 2.45) is 0 Å². The fourth-order valence-electron chi connectivity index (χ4n) is 2.06. The summed E-state index contributed by atoms with van der Waals surface area (Å²) < 4.78 is 4.87. The molecule has 0 aliphatic carbocycles. The van der Waals surface area contributed by atoms with Crippen molar-refractivity contribution in [1.82, 2.24) is 20.4 Å². The van der Waals surface area contributed by atoms with Gasteiger partial charge in [0.2, 0.25) is 5.89 Å². The van der Waals surface area contributed by atoms with Crippen molar-refractivity contribution in [2.75, 3.05) is 0 Å². The first-order chi connectivity index (χ1) is 11.0. The number of carbonyl (C=O) groups is 1. The zero-order valence-corrected chi connectivity index (χ0v) is 13.9. The van der Waals surface area contributed by atoms with Crippen molar-refractivity contribution >= 4 is 17.2 Å². The fourth-order valence-corrected chi connectivity index (χ4v) is 2.97. The lowest BCUT2D eigenvalue weighted by atomic mass is 10.1. The van der Waals surface area contributed by atoms with E-state index in [1.807, 2.05) is 32.0 Å². The molecular weight excluding hydrogens is 312 g/mol.